The third kappa shape index (κ3) is 6.87. The molecular weight excluding hydrogens is 467 g/mol. The number of rotatable bonds is 6. The van der Waals surface area contributed by atoms with Crippen molar-refractivity contribution in [2.45, 2.75) is 26.7 Å². The van der Waals surface area contributed by atoms with E-state index in [4.69, 9.17) is 4.99 Å². The minimum absolute atomic E-state index is 0. The Morgan fingerprint density at radius 2 is 2.17 bits per heavy atom. The van der Waals surface area contributed by atoms with Crippen LogP contribution in [0.1, 0.15) is 26.7 Å². The number of nitrogens with zero attached hydrogens (tertiary/aromatic N) is 2. The number of halogens is 2. The van der Waals surface area contributed by atoms with Gasteiger partial charge < -0.3 is 15.5 Å². The third-order valence-electron chi connectivity index (χ3n) is 3.85. The Hall–Kier alpha value is -0.500. The Labute approximate surface area is 165 Å². The fraction of sp³-hybridized carbons (Fsp3) is 0.588. The average Bonchev–Trinajstić information content (AvgIpc) is 2.99. The molecule has 0 aromatic heterocycles. The number of benzene rings is 1. The van der Waals surface area contributed by atoms with Crippen LogP contribution in [0.15, 0.2) is 33.7 Å². The van der Waals surface area contributed by atoms with Crippen LogP contribution in [0, 0.1) is 5.92 Å². The lowest BCUT2D eigenvalue weighted by atomic mass is 10.1. The van der Waals surface area contributed by atoms with Crippen LogP contribution < -0.4 is 15.5 Å². The number of hydrogen-bond donors (Lipinski definition) is 2. The standard InChI is InChI=1S/C17H27BrN4.HI/c1-3-9-20-17(19-4-2)21-12-14-8-10-22(13-14)16-7-5-6-15(18)11-16;/h5-7,11,14H,3-4,8-10,12-13H2,1-2H3,(H2,19,20,21);1H. The van der Waals surface area contributed by atoms with Gasteiger partial charge in [0.2, 0.25) is 0 Å². The molecule has 1 atom stereocenters. The Balaban J connectivity index is 0.00000264. The fourth-order valence-corrected chi connectivity index (χ4v) is 3.08. The highest BCUT2D eigenvalue weighted by atomic mass is 127. The lowest BCUT2D eigenvalue weighted by Crippen LogP contribution is -2.38. The number of hydrogen-bond acceptors (Lipinski definition) is 2. The third-order valence-corrected chi connectivity index (χ3v) is 4.35. The molecule has 0 saturated carbocycles. The van der Waals surface area contributed by atoms with E-state index in [1.807, 2.05) is 0 Å². The van der Waals surface area contributed by atoms with Gasteiger partial charge in [-0.05, 0) is 43.9 Å². The van der Waals surface area contributed by atoms with Gasteiger partial charge in [-0.25, -0.2) is 0 Å². The summed E-state index contributed by atoms with van der Waals surface area (Å²) in [5.74, 6) is 1.58. The molecule has 130 valence electrons. The second-order valence-corrected chi connectivity index (χ2v) is 6.64. The Kier molecular flexibility index (Phi) is 9.94. The topological polar surface area (TPSA) is 39.7 Å². The van der Waals surface area contributed by atoms with Crippen LogP contribution >= 0.6 is 39.9 Å². The molecule has 0 spiro atoms. The summed E-state index contributed by atoms with van der Waals surface area (Å²) in [5.41, 5.74) is 1.30. The molecule has 1 aromatic carbocycles. The number of nitrogens with one attached hydrogen (secondary N) is 2. The van der Waals surface area contributed by atoms with Crippen molar-refractivity contribution in [3.8, 4) is 0 Å². The molecule has 0 aliphatic carbocycles. The lowest BCUT2D eigenvalue weighted by Gasteiger charge is -2.18. The first-order valence-corrected chi connectivity index (χ1v) is 9.05. The lowest BCUT2D eigenvalue weighted by molar-refractivity contribution is 0.599. The Morgan fingerprint density at radius 1 is 1.35 bits per heavy atom. The van der Waals surface area contributed by atoms with E-state index in [1.54, 1.807) is 0 Å². The minimum Gasteiger partial charge on any atom is -0.371 e. The monoisotopic (exact) mass is 494 g/mol. The van der Waals surface area contributed by atoms with Gasteiger partial charge in [0, 0.05) is 42.9 Å². The zero-order chi connectivity index (χ0) is 15.8. The van der Waals surface area contributed by atoms with Crippen molar-refractivity contribution in [3.05, 3.63) is 28.7 Å². The molecule has 1 aliphatic heterocycles. The van der Waals surface area contributed by atoms with Crippen LogP contribution in [0.2, 0.25) is 0 Å². The van der Waals surface area contributed by atoms with Crippen molar-refractivity contribution in [2.75, 3.05) is 37.6 Å². The molecule has 6 heteroatoms. The summed E-state index contributed by atoms with van der Waals surface area (Å²) in [6.45, 7) is 9.26. The Bertz CT molecular complexity index is 495. The molecule has 1 unspecified atom stereocenters. The highest BCUT2D eigenvalue weighted by Crippen LogP contribution is 2.26. The molecule has 23 heavy (non-hydrogen) atoms. The molecular formula is C17H28BrIN4. The van der Waals surface area contributed by atoms with E-state index in [-0.39, 0.29) is 24.0 Å². The summed E-state index contributed by atoms with van der Waals surface area (Å²) in [4.78, 5) is 7.19. The highest BCUT2D eigenvalue weighted by molar-refractivity contribution is 14.0. The van der Waals surface area contributed by atoms with Crippen molar-refractivity contribution in [1.82, 2.24) is 10.6 Å². The number of anilines is 1. The summed E-state index contributed by atoms with van der Waals surface area (Å²) in [6, 6.07) is 8.55. The smallest absolute Gasteiger partial charge is 0.191 e. The SMILES string of the molecule is CCCNC(=NCC1CCN(c2cccc(Br)c2)C1)NCC.I. The summed E-state index contributed by atoms with van der Waals surface area (Å²) in [7, 11) is 0. The molecule has 0 bridgehead atoms. The van der Waals surface area contributed by atoms with Crippen LogP contribution in [0.25, 0.3) is 0 Å². The molecule has 2 rings (SSSR count). The van der Waals surface area contributed by atoms with Gasteiger partial charge in [0.15, 0.2) is 5.96 Å². The maximum atomic E-state index is 4.74. The van der Waals surface area contributed by atoms with Gasteiger partial charge in [-0.1, -0.05) is 28.9 Å². The molecule has 1 fully saturated rings. The second-order valence-electron chi connectivity index (χ2n) is 5.73. The van der Waals surface area contributed by atoms with Crippen LogP contribution in [0.3, 0.4) is 0 Å². The van der Waals surface area contributed by atoms with E-state index in [2.05, 4.69) is 69.6 Å². The van der Waals surface area contributed by atoms with Gasteiger partial charge >= 0.3 is 0 Å². The minimum atomic E-state index is 0. The molecule has 4 nitrogen and oxygen atoms in total. The summed E-state index contributed by atoms with van der Waals surface area (Å²) in [5, 5.41) is 6.67. The first-order valence-electron chi connectivity index (χ1n) is 8.25. The molecule has 0 amide bonds. The zero-order valence-electron chi connectivity index (χ0n) is 14.0. The molecule has 2 N–H and O–H groups in total. The van der Waals surface area contributed by atoms with E-state index in [0.717, 1.165) is 49.6 Å². The van der Waals surface area contributed by atoms with Crippen molar-refractivity contribution < 1.29 is 0 Å². The largest absolute Gasteiger partial charge is 0.371 e. The van der Waals surface area contributed by atoms with Crippen molar-refractivity contribution in [1.29, 1.82) is 0 Å². The second kappa shape index (κ2) is 11.1. The summed E-state index contributed by atoms with van der Waals surface area (Å²) < 4.78 is 1.14. The van der Waals surface area contributed by atoms with E-state index in [0.29, 0.717) is 5.92 Å². The van der Waals surface area contributed by atoms with Crippen molar-refractivity contribution in [2.24, 2.45) is 10.9 Å². The summed E-state index contributed by atoms with van der Waals surface area (Å²) >= 11 is 3.55. The van der Waals surface area contributed by atoms with E-state index >= 15 is 0 Å². The molecule has 1 aliphatic rings. The molecule has 1 aromatic rings. The average molecular weight is 495 g/mol. The first kappa shape index (κ1) is 20.5. The Morgan fingerprint density at radius 3 is 2.87 bits per heavy atom. The molecule has 0 radical (unpaired) electrons. The van der Waals surface area contributed by atoms with Crippen LogP contribution in [-0.2, 0) is 0 Å². The number of aliphatic imine (C=N–C) groups is 1. The highest BCUT2D eigenvalue weighted by Gasteiger charge is 2.22. The zero-order valence-corrected chi connectivity index (χ0v) is 17.9. The molecule has 1 saturated heterocycles. The van der Waals surface area contributed by atoms with Gasteiger partial charge in [-0.3, -0.25) is 4.99 Å². The van der Waals surface area contributed by atoms with Gasteiger partial charge in [0.05, 0.1) is 0 Å². The summed E-state index contributed by atoms with van der Waals surface area (Å²) in [6.07, 6.45) is 2.33. The predicted molar refractivity (Wildman–Crippen MR) is 114 cm³/mol. The van der Waals surface area contributed by atoms with E-state index in [1.165, 1.54) is 12.1 Å². The van der Waals surface area contributed by atoms with Crippen molar-refractivity contribution >= 4 is 51.6 Å². The first-order chi connectivity index (χ1) is 10.7. The van der Waals surface area contributed by atoms with Gasteiger partial charge in [-0.2, -0.15) is 0 Å². The number of guanidine groups is 1. The van der Waals surface area contributed by atoms with Crippen LogP contribution in [0.5, 0.6) is 0 Å². The maximum absolute atomic E-state index is 4.74. The van der Waals surface area contributed by atoms with Gasteiger partial charge in [0.1, 0.15) is 0 Å². The normalized spacial score (nSPS) is 17.8. The molecule has 1 heterocycles. The quantitative estimate of drug-likeness (QED) is 0.358. The van der Waals surface area contributed by atoms with Crippen LogP contribution in [-0.4, -0.2) is 38.7 Å². The van der Waals surface area contributed by atoms with Gasteiger partial charge in [-0.15, -0.1) is 24.0 Å². The van der Waals surface area contributed by atoms with E-state index in [9.17, 15) is 0 Å². The van der Waals surface area contributed by atoms with Crippen molar-refractivity contribution in [3.63, 3.8) is 0 Å². The van der Waals surface area contributed by atoms with E-state index < -0.39 is 0 Å². The fourth-order valence-electron chi connectivity index (χ4n) is 2.69. The van der Waals surface area contributed by atoms with Gasteiger partial charge in [0.25, 0.3) is 0 Å². The maximum Gasteiger partial charge on any atom is 0.191 e. The predicted octanol–water partition coefficient (Wildman–Crippen LogP) is 3.86. The van der Waals surface area contributed by atoms with Crippen LogP contribution in [0.4, 0.5) is 5.69 Å².